The van der Waals surface area contributed by atoms with Gasteiger partial charge in [-0.15, -0.1) is 11.3 Å². The highest BCUT2D eigenvalue weighted by atomic mass is 32.1. The van der Waals surface area contributed by atoms with E-state index in [-0.39, 0.29) is 12.1 Å². The lowest BCUT2D eigenvalue weighted by atomic mass is 10.0. The molecule has 1 atom stereocenters. The van der Waals surface area contributed by atoms with Crippen molar-refractivity contribution in [2.45, 2.75) is 26.9 Å². The average Bonchev–Trinajstić information content (AvgIpc) is 3.33. The molecular formula is C26H29N3O3S. The molecule has 0 aliphatic rings. The van der Waals surface area contributed by atoms with Gasteiger partial charge in [-0.1, -0.05) is 18.2 Å². The summed E-state index contributed by atoms with van der Waals surface area (Å²) in [5.41, 5.74) is 2.87. The predicted molar refractivity (Wildman–Crippen MR) is 135 cm³/mol. The molecule has 0 radical (unpaired) electrons. The summed E-state index contributed by atoms with van der Waals surface area (Å²) >= 11 is 1.52. The Hall–Kier alpha value is -3.18. The zero-order valence-electron chi connectivity index (χ0n) is 19.1. The molecule has 7 heteroatoms. The van der Waals surface area contributed by atoms with Crippen LogP contribution in [0.25, 0.3) is 26.8 Å². The van der Waals surface area contributed by atoms with Crippen molar-refractivity contribution < 1.29 is 15.0 Å². The Labute approximate surface area is 198 Å². The fourth-order valence-corrected chi connectivity index (χ4v) is 4.67. The number of carbonyl (C=O) groups excluding carboxylic acids is 1. The Morgan fingerprint density at radius 1 is 1.12 bits per heavy atom. The molecule has 1 amide bonds. The molecule has 0 aliphatic carbocycles. The van der Waals surface area contributed by atoms with Crippen LogP contribution < -0.4 is 10.2 Å². The van der Waals surface area contributed by atoms with Gasteiger partial charge in [0.1, 0.15) is 11.6 Å². The predicted octanol–water partition coefficient (Wildman–Crippen LogP) is 4.18. The van der Waals surface area contributed by atoms with Crippen LogP contribution in [-0.4, -0.2) is 48.5 Å². The molecule has 1 aromatic heterocycles. The monoisotopic (exact) mass is 463 g/mol. The number of nitrogens with one attached hydrogen (secondary N) is 1. The van der Waals surface area contributed by atoms with Crippen molar-refractivity contribution in [2.75, 3.05) is 31.1 Å². The molecular weight excluding hydrogens is 434 g/mol. The number of fused-ring (bicyclic) bond motifs is 1. The van der Waals surface area contributed by atoms with Gasteiger partial charge in [0, 0.05) is 35.1 Å². The number of anilines is 1. The quantitative estimate of drug-likeness (QED) is 0.327. The zero-order chi connectivity index (χ0) is 24.0. The molecule has 0 saturated carbocycles. The lowest BCUT2D eigenvalue weighted by Crippen LogP contribution is -2.34. The Balaban J connectivity index is 1.86. The summed E-state index contributed by atoms with van der Waals surface area (Å²) in [6, 6.07) is 18.8. The minimum absolute atomic E-state index is 0.00372. The number of hydrogen-bond donors (Lipinski definition) is 3. The number of thiophene rings is 1. The van der Waals surface area contributed by atoms with Crippen LogP contribution in [0.2, 0.25) is 0 Å². The van der Waals surface area contributed by atoms with Crippen LogP contribution in [-0.2, 0) is 4.79 Å². The number of aliphatic hydroxyl groups is 2. The second kappa shape index (κ2) is 11.1. The van der Waals surface area contributed by atoms with E-state index < -0.39 is 18.6 Å². The first-order valence-electron chi connectivity index (χ1n) is 11.0. The van der Waals surface area contributed by atoms with Crippen molar-refractivity contribution in [3.63, 3.8) is 0 Å². The molecule has 6 nitrogen and oxygen atoms in total. The van der Waals surface area contributed by atoms with Crippen LogP contribution in [0.4, 0.5) is 5.69 Å². The second-order valence-electron chi connectivity index (χ2n) is 7.74. The normalized spacial score (nSPS) is 12.7. The van der Waals surface area contributed by atoms with E-state index in [1.54, 1.807) is 6.92 Å². The molecule has 3 rings (SSSR count). The number of aliphatic hydroxyl groups excluding tert-OH is 2. The van der Waals surface area contributed by atoms with Crippen LogP contribution in [0.15, 0.2) is 54.1 Å². The van der Waals surface area contributed by atoms with Gasteiger partial charge in [-0.2, -0.15) is 5.26 Å². The van der Waals surface area contributed by atoms with E-state index in [4.69, 9.17) is 5.11 Å². The smallest absolute Gasteiger partial charge is 0.262 e. The molecule has 2 aromatic carbocycles. The largest absolute Gasteiger partial charge is 0.394 e. The van der Waals surface area contributed by atoms with Gasteiger partial charge in [0.25, 0.3) is 5.91 Å². The number of hydrogen-bond acceptors (Lipinski definition) is 6. The number of nitriles is 1. The summed E-state index contributed by atoms with van der Waals surface area (Å²) < 4.78 is 0. The minimum atomic E-state index is -1.06. The molecule has 1 heterocycles. The van der Waals surface area contributed by atoms with Gasteiger partial charge < -0.3 is 20.4 Å². The molecule has 0 spiro atoms. The van der Waals surface area contributed by atoms with Crippen LogP contribution >= 0.6 is 11.3 Å². The van der Waals surface area contributed by atoms with Gasteiger partial charge >= 0.3 is 0 Å². The van der Waals surface area contributed by atoms with Crippen molar-refractivity contribution >= 4 is 39.3 Å². The third-order valence-corrected chi connectivity index (χ3v) is 6.89. The van der Waals surface area contributed by atoms with Crippen LogP contribution in [0, 0.1) is 11.3 Å². The molecule has 0 fully saturated rings. The summed E-state index contributed by atoms with van der Waals surface area (Å²) in [5, 5.41) is 32.7. The molecule has 1 unspecified atom stereocenters. The van der Waals surface area contributed by atoms with E-state index in [0.29, 0.717) is 5.57 Å². The van der Waals surface area contributed by atoms with Crippen LogP contribution in [0.5, 0.6) is 0 Å². The maximum Gasteiger partial charge on any atom is 0.262 e. The number of benzene rings is 2. The molecule has 3 N–H and O–H groups in total. The standard InChI is InChI=1S/C26H29N3O3S/c1-4-29(5-2)21-9-8-18-12-20(7-6-19(18)13-21)25-11-10-24(33-25)17(3)23(14-27)26(32)28-15-22(31)16-30/h6-13,22,30-31H,4-5,15-16H2,1-3H3,(H,28,32)/b23-17+. The number of nitrogens with zero attached hydrogens (tertiary/aromatic N) is 2. The van der Waals surface area contributed by atoms with Crippen molar-refractivity contribution in [3.05, 3.63) is 59.0 Å². The third-order valence-electron chi connectivity index (χ3n) is 5.64. The van der Waals surface area contributed by atoms with Gasteiger partial charge in [0.2, 0.25) is 0 Å². The highest BCUT2D eigenvalue weighted by molar-refractivity contribution is 7.16. The fourth-order valence-electron chi connectivity index (χ4n) is 3.66. The van der Waals surface area contributed by atoms with Gasteiger partial charge in [-0.05, 0) is 73.0 Å². The van der Waals surface area contributed by atoms with E-state index in [1.165, 1.54) is 22.4 Å². The lowest BCUT2D eigenvalue weighted by molar-refractivity contribution is -0.117. The Morgan fingerprint density at radius 2 is 1.82 bits per heavy atom. The van der Waals surface area contributed by atoms with Crippen molar-refractivity contribution in [3.8, 4) is 16.5 Å². The highest BCUT2D eigenvalue weighted by Gasteiger charge is 2.16. The molecule has 172 valence electrons. The zero-order valence-corrected chi connectivity index (χ0v) is 19.9. The first-order chi connectivity index (χ1) is 15.9. The SMILES string of the molecule is CCN(CC)c1ccc2cc(-c3ccc(/C(C)=C(\C#N)C(=O)NCC(O)CO)s3)ccc2c1. The number of amides is 1. The molecule has 3 aromatic rings. The maximum absolute atomic E-state index is 12.4. The van der Waals surface area contributed by atoms with E-state index in [9.17, 15) is 15.2 Å². The summed E-state index contributed by atoms with van der Waals surface area (Å²) in [5.74, 6) is -0.563. The van der Waals surface area contributed by atoms with Crippen LogP contribution in [0.1, 0.15) is 25.6 Å². The first kappa shape index (κ1) is 24.5. The average molecular weight is 464 g/mol. The molecule has 33 heavy (non-hydrogen) atoms. The second-order valence-corrected chi connectivity index (χ2v) is 8.82. The van der Waals surface area contributed by atoms with Crippen molar-refractivity contribution in [1.82, 2.24) is 5.32 Å². The summed E-state index contributed by atoms with van der Waals surface area (Å²) in [4.78, 5) is 16.6. The van der Waals surface area contributed by atoms with Gasteiger partial charge in [0.15, 0.2) is 0 Å². The minimum Gasteiger partial charge on any atom is -0.394 e. The first-order valence-corrected chi connectivity index (χ1v) is 11.8. The lowest BCUT2D eigenvalue weighted by Gasteiger charge is -2.21. The van der Waals surface area contributed by atoms with Crippen molar-refractivity contribution in [2.24, 2.45) is 0 Å². The van der Waals surface area contributed by atoms with Gasteiger partial charge in [0.05, 0.1) is 12.7 Å². The third kappa shape index (κ3) is 5.60. The maximum atomic E-state index is 12.4. The Kier molecular flexibility index (Phi) is 8.23. The summed E-state index contributed by atoms with van der Waals surface area (Å²) in [6.07, 6.45) is -1.06. The van der Waals surface area contributed by atoms with E-state index in [0.717, 1.165) is 33.8 Å². The van der Waals surface area contributed by atoms with E-state index >= 15 is 0 Å². The molecule has 0 saturated heterocycles. The Morgan fingerprint density at radius 3 is 2.48 bits per heavy atom. The van der Waals surface area contributed by atoms with E-state index in [2.05, 4.69) is 60.5 Å². The fraction of sp³-hybridized carbons (Fsp3) is 0.308. The molecule has 0 bridgehead atoms. The topological polar surface area (TPSA) is 96.6 Å². The van der Waals surface area contributed by atoms with Gasteiger partial charge in [-0.25, -0.2) is 0 Å². The summed E-state index contributed by atoms with van der Waals surface area (Å²) in [6.45, 7) is 7.41. The summed E-state index contributed by atoms with van der Waals surface area (Å²) in [7, 11) is 0. The van der Waals surface area contributed by atoms with Crippen LogP contribution in [0.3, 0.4) is 0 Å². The van der Waals surface area contributed by atoms with E-state index in [1.807, 2.05) is 18.2 Å². The number of allylic oxidation sites excluding steroid dienone is 1. The highest BCUT2D eigenvalue weighted by Crippen LogP contribution is 2.35. The van der Waals surface area contributed by atoms with Gasteiger partial charge in [-0.3, -0.25) is 4.79 Å². The molecule has 0 aliphatic heterocycles. The number of carbonyl (C=O) groups is 1. The Bertz CT molecular complexity index is 1200. The number of rotatable bonds is 9. The van der Waals surface area contributed by atoms with Crippen molar-refractivity contribution in [1.29, 1.82) is 5.26 Å².